The van der Waals surface area contributed by atoms with Gasteiger partial charge in [-0.25, -0.2) is 0 Å². The van der Waals surface area contributed by atoms with Crippen LogP contribution >= 0.6 is 0 Å². The largest absolute Gasteiger partial charge is 0.490 e. The first-order valence-corrected chi connectivity index (χ1v) is 7.50. The van der Waals surface area contributed by atoms with Gasteiger partial charge in [0.25, 0.3) is 5.91 Å². The van der Waals surface area contributed by atoms with Crippen molar-refractivity contribution in [3.63, 3.8) is 0 Å². The molecule has 1 rings (SSSR count). The first-order valence-electron chi connectivity index (χ1n) is 7.50. The summed E-state index contributed by atoms with van der Waals surface area (Å²) >= 11 is 0. The molecule has 0 radical (unpaired) electrons. The smallest absolute Gasteiger partial charge is 0.311 e. The van der Waals surface area contributed by atoms with Crippen LogP contribution in [0.5, 0.6) is 11.5 Å². The highest BCUT2D eigenvalue weighted by Crippen LogP contribution is 2.30. The number of benzene rings is 1. The Bertz CT molecular complexity index is 549. The lowest BCUT2D eigenvalue weighted by molar-refractivity contribution is -0.385. The van der Waals surface area contributed by atoms with Crippen molar-refractivity contribution in [1.82, 2.24) is 5.32 Å². The molecule has 23 heavy (non-hydrogen) atoms. The lowest BCUT2D eigenvalue weighted by Gasteiger charge is -2.26. The van der Waals surface area contributed by atoms with Crippen molar-refractivity contribution in [1.29, 1.82) is 0 Å². The summed E-state index contributed by atoms with van der Waals surface area (Å²) in [4.78, 5) is 22.3. The normalized spacial score (nSPS) is 11.0. The fourth-order valence-corrected chi connectivity index (χ4v) is 2.38. The van der Waals surface area contributed by atoms with E-state index >= 15 is 0 Å². The molecule has 1 aromatic rings. The van der Waals surface area contributed by atoms with E-state index in [1.165, 1.54) is 25.3 Å². The van der Waals surface area contributed by atoms with Crippen LogP contribution in [0, 0.1) is 22.0 Å². The summed E-state index contributed by atoms with van der Waals surface area (Å²) in [6.07, 6.45) is 0. The Morgan fingerprint density at radius 2 is 1.87 bits per heavy atom. The Morgan fingerprint density at radius 1 is 1.26 bits per heavy atom. The van der Waals surface area contributed by atoms with Gasteiger partial charge in [0, 0.05) is 18.2 Å². The summed E-state index contributed by atoms with van der Waals surface area (Å²) in [5.74, 6) is 0.843. The average Bonchev–Trinajstić information content (AvgIpc) is 2.49. The number of rotatable bonds is 8. The Morgan fingerprint density at radius 3 is 2.35 bits per heavy atom. The molecule has 0 fully saturated rings. The Labute approximate surface area is 136 Å². The van der Waals surface area contributed by atoms with Gasteiger partial charge in [0.05, 0.1) is 12.0 Å². The molecule has 128 valence electrons. The number of ether oxygens (including phenoxy) is 2. The number of hydrogen-bond donors (Lipinski definition) is 1. The summed E-state index contributed by atoms with van der Waals surface area (Å²) in [6.45, 7) is 8.04. The van der Waals surface area contributed by atoms with E-state index in [1.807, 2.05) is 27.7 Å². The lowest BCUT2D eigenvalue weighted by atomic mass is 9.93. The second kappa shape index (κ2) is 8.36. The molecule has 1 aromatic carbocycles. The monoisotopic (exact) mass is 324 g/mol. The van der Waals surface area contributed by atoms with E-state index in [9.17, 15) is 14.9 Å². The first-order chi connectivity index (χ1) is 10.8. The fourth-order valence-electron chi connectivity index (χ4n) is 2.38. The van der Waals surface area contributed by atoms with Crippen LogP contribution in [0.15, 0.2) is 18.2 Å². The fraction of sp³-hybridized carbons (Fsp3) is 0.562. The number of carbonyl (C=O) groups excluding carboxylic acids is 1. The SMILES string of the molecule is COc1cc(OCC(=O)NC(C(C)C)C(C)C)ccc1[N+](=O)[O-]. The molecule has 0 spiro atoms. The van der Waals surface area contributed by atoms with Crippen LogP contribution < -0.4 is 14.8 Å². The first kappa shape index (κ1) is 18.7. The number of methoxy groups -OCH3 is 1. The van der Waals surface area contributed by atoms with Crippen molar-refractivity contribution < 1.29 is 19.2 Å². The molecule has 0 heterocycles. The summed E-state index contributed by atoms with van der Waals surface area (Å²) in [5, 5.41) is 13.8. The van der Waals surface area contributed by atoms with Crippen LogP contribution in [-0.2, 0) is 4.79 Å². The Hall–Kier alpha value is -2.31. The molecule has 0 atom stereocenters. The van der Waals surface area contributed by atoms with Crippen LogP contribution in [-0.4, -0.2) is 30.6 Å². The minimum absolute atomic E-state index is 0.0671. The van der Waals surface area contributed by atoms with Crippen molar-refractivity contribution >= 4 is 11.6 Å². The molecule has 7 heteroatoms. The van der Waals surface area contributed by atoms with E-state index in [4.69, 9.17) is 9.47 Å². The Kier molecular flexibility index (Phi) is 6.81. The van der Waals surface area contributed by atoms with Gasteiger partial charge < -0.3 is 14.8 Å². The van der Waals surface area contributed by atoms with Gasteiger partial charge in [-0.2, -0.15) is 0 Å². The summed E-state index contributed by atoms with van der Waals surface area (Å²) in [5.41, 5.74) is -0.149. The average molecular weight is 324 g/mol. The van der Waals surface area contributed by atoms with E-state index in [-0.39, 0.29) is 30.0 Å². The van der Waals surface area contributed by atoms with Crippen LogP contribution in [0.1, 0.15) is 27.7 Å². The van der Waals surface area contributed by atoms with Gasteiger partial charge in [-0.15, -0.1) is 0 Å². The molecule has 0 aliphatic rings. The molecular weight excluding hydrogens is 300 g/mol. The lowest BCUT2D eigenvalue weighted by Crippen LogP contribution is -2.44. The maximum Gasteiger partial charge on any atom is 0.311 e. The van der Waals surface area contributed by atoms with E-state index in [1.54, 1.807) is 0 Å². The van der Waals surface area contributed by atoms with Gasteiger partial charge in [0.15, 0.2) is 6.61 Å². The van der Waals surface area contributed by atoms with Crippen LogP contribution in [0.4, 0.5) is 5.69 Å². The van der Waals surface area contributed by atoms with Gasteiger partial charge in [0.1, 0.15) is 5.75 Å². The predicted octanol–water partition coefficient (Wildman–Crippen LogP) is 2.78. The number of nitrogens with zero attached hydrogens (tertiary/aromatic N) is 1. The minimum atomic E-state index is -0.537. The van der Waals surface area contributed by atoms with Crippen LogP contribution in [0.2, 0.25) is 0 Å². The maximum absolute atomic E-state index is 12.0. The van der Waals surface area contributed by atoms with Crippen molar-refractivity contribution in [2.24, 2.45) is 11.8 Å². The highest BCUT2D eigenvalue weighted by atomic mass is 16.6. The van der Waals surface area contributed by atoms with E-state index in [0.29, 0.717) is 17.6 Å². The molecule has 0 saturated carbocycles. The molecule has 0 aliphatic carbocycles. The van der Waals surface area contributed by atoms with E-state index in [2.05, 4.69) is 5.32 Å². The van der Waals surface area contributed by atoms with E-state index < -0.39 is 4.92 Å². The van der Waals surface area contributed by atoms with Crippen molar-refractivity contribution in [3.8, 4) is 11.5 Å². The second-order valence-corrected chi connectivity index (χ2v) is 5.96. The number of nitro benzene ring substituents is 1. The topological polar surface area (TPSA) is 90.7 Å². The summed E-state index contributed by atoms with van der Waals surface area (Å²) < 4.78 is 10.4. The number of nitro groups is 1. The third kappa shape index (κ3) is 5.43. The molecule has 0 unspecified atom stereocenters. The molecule has 0 aromatic heterocycles. The van der Waals surface area contributed by atoms with E-state index in [0.717, 1.165) is 0 Å². The zero-order chi connectivity index (χ0) is 17.6. The minimum Gasteiger partial charge on any atom is -0.490 e. The van der Waals surface area contributed by atoms with Crippen LogP contribution in [0.25, 0.3) is 0 Å². The number of nitrogens with one attached hydrogen (secondary N) is 1. The molecule has 7 nitrogen and oxygen atoms in total. The summed E-state index contributed by atoms with van der Waals surface area (Å²) in [7, 11) is 1.34. The molecule has 1 N–H and O–H groups in total. The molecule has 0 aliphatic heterocycles. The van der Waals surface area contributed by atoms with Gasteiger partial charge in [-0.05, 0) is 17.9 Å². The zero-order valence-electron chi connectivity index (χ0n) is 14.2. The Balaban J connectivity index is 2.67. The number of hydrogen-bond acceptors (Lipinski definition) is 5. The van der Waals surface area contributed by atoms with Crippen molar-refractivity contribution in [2.45, 2.75) is 33.7 Å². The standard InChI is InChI=1S/C16H24N2O5/c1-10(2)16(11(3)4)17-15(19)9-23-12-6-7-13(18(20)21)14(8-12)22-5/h6-8,10-11,16H,9H2,1-5H3,(H,17,19). The third-order valence-electron chi connectivity index (χ3n) is 3.48. The molecule has 0 bridgehead atoms. The highest BCUT2D eigenvalue weighted by Gasteiger charge is 2.20. The molecule has 1 amide bonds. The predicted molar refractivity (Wildman–Crippen MR) is 86.8 cm³/mol. The zero-order valence-corrected chi connectivity index (χ0v) is 14.2. The van der Waals surface area contributed by atoms with Gasteiger partial charge >= 0.3 is 5.69 Å². The number of carbonyl (C=O) groups is 1. The molecular formula is C16H24N2O5. The van der Waals surface area contributed by atoms with Crippen LogP contribution in [0.3, 0.4) is 0 Å². The second-order valence-electron chi connectivity index (χ2n) is 5.96. The maximum atomic E-state index is 12.0. The quantitative estimate of drug-likeness (QED) is 0.586. The molecule has 0 saturated heterocycles. The number of amides is 1. The third-order valence-corrected chi connectivity index (χ3v) is 3.48. The van der Waals surface area contributed by atoms with Crippen molar-refractivity contribution in [3.05, 3.63) is 28.3 Å². The van der Waals surface area contributed by atoms with Crippen molar-refractivity contribution in [2.75, 3.05) is 13.7 Å². The van der Waals surface area contributed by atoms with Gasteiger partial charge in [-0.3, -0.25) is 14.9 Å². The van der Waals surface area contributed by atoms with Gasteiger partial charge in [0.2, 0.25) is 5.75 Å². The highest BCUT2D eigenvalue weighted by molar-refractivity contribution is 5.78. The van der Waals surface area contributed by atoms with Gasteiger partial charge in [-0.1, -0.05) is 27.7 Å². The summed E-state index contributed by atoms with van der Waals surface area (Å²) in [6, 6.07) is 4.19.